The molecule has 5 nitrogen and oxygen atoms in total. The summed E-state index contributed by atoms with van der Waals surface area (Å²) in [6.45, 7) is 6.74. The lowest BCUT2D eigenvalue weighted by atomic mass is 9.85. The third-order valence-corrected chi connectivity index (χ3v) is 4.82. The van der Waals surface area contributed by atoms with Crippen LogP contribution >= 0.6 is 0 Å². The van der Waals surface area contributed by atoms with Gasteiger partial charge in [-0.15, -0.1) is 0 Å². The molecule has 2 fully saturated rings. The maximum absolute atomic E-state index is 11.8. The van der Waals surface area contributed by atoms with Gasteiger partial charge in [-0.2, -0.15) is 0 Å². The summed E-state index contributed by atoms with van der Waals surface area (Å²) in [5.41, 5.74) is -0.680. The van der Waals surface area contributed by atoms with Crippen molar-refractivity contribution >= 4 is 6.03 Å². The number of hydrogen-bond acceptors (Lipinski definition) is 3. The van der Waals surface area contributed by atoms with Crippen LogP contribution < -0.4 is 10.6 Å². The first-order valence-electron chi connectivity index (χ1n) is 8.58. The summed E-state index contributed by atoms with van der Waals surface area (Å²) in [6, 6.07) is -0.136. The highest BCUT2D eigenvalue weighted by Gasteiger charge is 2.29. The van der Waals surface area contributed by atoms with E-state index >= 15 is 0 Å². The standard InChI is InChI=1S/C16H31N3O2/c1-2-9-19-10-6-14(12-19)11-17-15(20)18-13-16(21)7-4-3-5-8-16/h14,21H,2-13H2,1H3,(H2,17,18,20). The van der Waals surface area contributed by atoms with Gasteiger partial charge in [0.25, 0.3) is 0 Å². The molecule has 21 heavy (non-hydrogen) atoms. The van der Waals surface area contributed by atoms with E-state index in [1.807, 2.05) is 0 Å². The van der Waals surface area contributed by atoms with Gasteiger partial charge >= 0.3 is 6.03 Å². The molecule has 0 aromatic heterocycles. The number of rotatable bonds is 6. The molecule has 2 rings (SSSR count). The molecule has 5 heteroatoms. The van der Waals surface area contributed by atoms with E-state index in [-0.39, 0.29) is 6.03 Å². The van der Waals surface area contributed by atoms with Crippen molar-refractivity contribution in [1.29, 1.82) is 0 Å². The highest BCUT2D eigenvalue weighted by Crippen LogP contribution is 2.27. The van der Waals surface area contributed by atoms with E-state index in [9.17, 15) is 9.90 Å². The van der Waals surface area contributed by atoms with Crippen molar-refractivity contribution in [1.82, 2.24) is 15.5 Å². The minimum absolute atomic E-state index is 0.136. The van der Waals surface area contributed by atoms with Crippen molar-refractivity contribution in [2.24, 2.45) is 5.92 Å². The fraction of sp³-hybridized carbons (Fsp3) is 0.938. The highest BCUT2D eigenvalue weighted by atomic mass is 16.3. The molecule has 2 amide bonds. The van der Waals surface area contributed by atoms with Gasteiger partial charge < -0.3 is 20.6 Å². The van der Waals surface area contributed by atoms with Crippen LogP contribution in [0, 0.1) is 5.92 Å². The minimum Gasteiger partial charge on any atom is -0.388 e. The third kappa shape index (κ3) is 5.47. The van der Waals surface area contributed by atoms with Crippen LogP contribution in [0.5, 0.6) is 0 Å². The Labute approximate surface area is 128 Å². The average molecular weight is 297 g/mol. The van der Waals surface area contributed by atoms with Gasteiger partial charge in [-0.3, -0.25) is 0 Å². The molecule has 2 aliphatic rings. The van der Waals surface area contributed by atoms with Crippen LogP contribution in [0.25, 0.3) is 0 Å². The Morgan fingerprint density at radius 1 is 1.29 bits per heavy atom. The fourth-order valence-electron chi connectivity index (χ4n) is 3.53. The maximum Gasteiger partial charge on any atom is 0.314 e. The monoisotopic (exact) mass is 297 g/mol. The van der Waals surface area contributed by atoms with E-state index in [4.69, 9.17) is 0 Å². The van der Waals surface area contributed by atoms with Crippen LogP contribution in [-0.4, -0.2) is 54.4 Å². The summed E-state index contributed by atoms with van der Waals surface area (Å²) in [5, 5.41) is 16.1. The molecule has 1 heterocycles. The topological polar surface area (TPSA) is 64.6 Å². The van der Waals surface area contributed by atoms with Crippen molar-refractivity contribution in [3.63, 3.8) is 0 Å². The summed E-state index contributed by atoms with van der Waals surface area (Å²) in [7, 11) is 0. The van der Waals surface area contributed by atoms with Crippen LogP contribution in [0.1, 0.15) is 51.9 Å². The number of likely N-dealkylation sites (tertiary alicyclic amines) is 1. The molecule has 1 saturated heterocycles. The zero-order valence-corrected chi connectivity index (χ0v) is 13.4. The predicted octanol–water partition coefficient (Wildman–Crippen LogP) is 1.71. The number of nitrogens with one attached hydrogen (secondary N) is 2. The summed E-state index contributed by atoms with van der Waals surface area (Å²) >= 11 is 0. The van der Waals surface area contributed by atoms with E-state index in [0.29, 0.717) is 12.5 Å². The number of hydrogen-bond donors (Lipinski definition) is 3. The molecule has 1 saturated carbocycles. The molecular formula is C16H31N3O2. The Kier molecular flexibility index (Phi) is 6.30. The quantitative estimate of drug-likeness (QED) is 0.699. The molecule has 1 unspecified atom stereocenters. The number of urea groups is 1. The minimum atomic E-state index is -0.680. The van der Waals surface area contributed by atoms with E-state index in [1.165, 1.54) is 19.3 Å². The first-order chi connectivity index (χ1) is 10.1. The van der Waals surface area contributed by atoms with Gasteiger partial charge in [-0.05, 0) is 44.7 Å². The molecular weight excluding hydrogens is 266 g/mol. The van der Waals surface area contributed by atoms with E-state index < -0.39 is 5.60 Å². The first-order valence-corrected chi connectivity index (χ1v) is 8.58. The van der Waals surface area contributed by atoms with Crippen molar-refractivity contribution < 1.29 is 9.90 Å². The number of carbonyl (C=O) groups excluding carboxylic acids is 1. The van der Waals surface area contributed by atoms with E-state index in [1.54, 1.807) is 0 Å². The zero-order chi connectivity index (χ0) is 15.1. The Hall–Kier alpha value is -0.810. The highest BCUT2D eigenvalue weighted by molar-refractivity contribution is 5.73. The summed E-state index contributed by atoms with van der Waals surface area (Å²) in [4.78, 5) is 14.3. The second-order valence-electron chi connectivity index (χ2n) is 6.80. The molecule has 0 radical (unpaired) electrons. The Morgan fingerprint density at radius 3 is 2.76 bits per heavy atom. The van der Waals surface area contributed by atoms with Gasteiger partial charge in [-0.25, -0.2) is 4.79 Å². The largest absolute Gasteiger partial charge is 0.388 e. The van der Waals surface area contributed by atoms with Gasteiger partial charge in [-0.1, -0.05) is 26.2 Å². The third-order valence-electron chi connectivity index (χ3n) is 4.82. The molecule has 0 aromatic rings. The normalized spacial score (nSPS) is 25.7. The van der Waals surface area contributed by atoms with Crippen LogP contribution in [0.2, 0.25) is 0 Å². The number of amides is 2. The Bertz CT molecular complexity index is 329. The number of carbonyl (C=O) groups is 1. The van der Waals surface area contributed by atoms with Crippen molar-refractivity contribution in [3.8, 4) is 0 Å². The molecule has 122 valence electrons. The van der Waals surface area contributed by atoms with Gasteiger partial charge in [0.2, 0.25) is 0 Å². The molecule has 0 aromatic carbocycles. The van der Waals surface area contributed by atoms with Gasteiger partial charge in [0.05, 0.1) is 5.60 Å². The predicted molar refractivity (Wildman–Crippen MR) is 84.3 cm³/mol. The number of aliphatic hydroxyl groups is 1. The van der Waals surface area contributed by atoms with Gasteiger partial charge in [0.15, 0.2) is 0 Å². The van der Waals surface area contributed by atoms with Crippen LogP contribution in [0.4, 0.5) is 4.79 Å². The Morgan fingerprint density at radius 2 is 2.05 bits per heavy atom. The van der Waals surface area contributed by atoms with Crippen LogP contribution in [-0.2, 0) is 0 Å². The lowest BCUT2D eigenvalue weighted by Crippen LogP contribution is -2.48. The van der Waals surface area contributed by atoms with Crippen molar-refractivity contribution in [2.45, 2.75) is 57.5 Å². The van der Waals surface area contributed by atoms with E-state index in [2.05, 4.69) is 22.5 Å². The first kappa shape index (κ1) is 16.6. The summed E-state index contributed by atoms with van der Waals surface area (Å²) in [5.74, 6) is 0.570. The van der Waals surface area contributed by atoms with Crippen LogP contribution in [0.15, 0.2) is 0 Å². The second-order valence-corrected chi connectivity index (χ2v) is 6.80. The molecule has 1 aliphatic heterocycles. The zero-order valence-electron chi connectivity index (χ0n) is 13.4. The number of nitrogens with zero attached hydrogens (tertiary/aromatic N) is 1. The SMILES string of the molecule is CCCN1CCC(CNC(=O)NCC2(O)CCCCC2)C1. The molecule has 0 spiro atoms. The molecule has 1 atom stereocenters. The average Bonchev–Trinajstić information content (AvgIpc) is 2.92. The van der Waals surface area contributed by atoms with Crippen molar-refractivity contribution in [2.75, 3.05) is 32.7 Å². The molecule has 3 N–H and O–H groups in total. The second kappa shape index (κ2) is 7.99. The molecule has 1 aliphatic carbocycles. The van der Waals surface area contributed by atoms with E-state index in [0.717, 1.165) is 51.9 Å². The smallest absolute Gasteiger partial charge is 0.314 e. The Balaban J connectivity index is 1.59. The summed E-state index contributed by atoms with van der Waals surface area (Å²) in [6.07, 6.45) is 7.31. The summed E-state index contributed by atoms with van der Waals surface area (Å²) < 4.78 is 0. The van der Waals surface area contributed by atoms with Gasteiger partial charge in [0.1, 0.15) is 0 Å². The van der Waals surface area contributed by atoms with Crippen molar-refractivity contribution in [3.05, 3.63) is 0 Å². The fourth-order valence-corrected chi connectivity index (χ4v) is 3.53. The van der Waals surface area contributed by atoms with Gasteiger partial charge in [0, 0.05) is 19.6 Å². The van der Waals surface area contributed by atoms with Crippen LogP contribution in [0.3, 0.4) is 0 Å². The maximum atomic E-state index is 11.8. The lowest BCUT2D eigenvalue weighted by molar-refractivity contribution is 0.00718. The lowest BCUT2D eigenvalue weighted by Gasteiger charge is -2.32. The molecule has 0 bridgehead atoms.